The van der Waals surface area contributed by atoms with Crippen molar-refractivity contribution in [3.05, 3.63) is 69.1 Å². The number of amides is 3. The summed E-state index contributed by atoms with van der Waals surface area (Å²) in [7, 11) is 0. The first-order valence-electron chi connectivity index (χ1n) is 10.0. The molecule has 9 heteroatoms. The molecule has 1 aliphatic heterocycles. The number of likely N-dealkylation sites (tertiary alicyclic amines) is 1. The number of carbonyl (C=O) groups is 2. The number of aromatic nitrogens is 2. The molecule has 3 aromatic rings. The molecule has 4 rings (SSSR count). The zero-order valence-corrected chi connectivity index (χ0v) is 18.5. The van der Waals surface area contributed by atoms with Gasteiger partial charge in [0.05, 0.1) is 0 Å². The first-order chi connectivity index (χ1) is 15.0. The maximum absolute atomic E-state index is 12.7. The Kier molecular flexibility index (Phi) is 6.48. The van der Waals surface area contributed by atoms with Crippen LogP contribution in [-0.2, 0) is 0 Å². The summed E-state index contributed by atoms with van der Waals surface area (Å²) in [5, 5.41) is 15.6. The molecule has 0 radical (unpaired) electrons. The summed E-state index contributed by atoms with van der Waals surface area (Å²) in [5.74, 6) is -0.266. The van der Waals surface area contributed by atoms with E-state index in [0.29, 0.717) is 23.8 Å². The maximum Gasteiger partial charge on any atom is 0.321 e. The van der Waals surface area contributed by atoms with Crippen LogP contribution in [0.3, 0.4) is 0 Å². The van der Waals surface area contributed by atoms with Gasteiger partial charge in [0.25, 0.3) is 5.91 Å². The molecule has 1 atom stereocenters. The van der Waals surface area contributed by atoms with Crippen LogP contribution >= 0.6 is 22.9 Å². The van der Waals surface area contributed by atoms with Crippen LogP contribution < -0.4 is 10.6 Å². The number of hydrogen-bond acceptors (Lipinski definition) is 5. The van der Waals surface area contributed by atoms with E-state index in [-0.39, 0.29) is 22.9 Å². The molecule has 0 saturated carbocycles. The number of nitrogens with zero attached hydrogens (tertiary/aromatic N) is 3. The first-order valence-corrected chi connectivity index (χ1v) is 11.2. The fourth-order valence-electron chi connectivity index (χ4n) is 3.53. The van der Waals surface area contributed by atoms with Crippen molar-refractivity contribution in [1.29, 1.82) is 0 Å². The highest BCUT2D eigenvalue weighted by Gasteiger charge is 2.28. The van der Waals surface area contributed by atoms with Crippen LogP contribution in [0.2, 0.25) is 5.02 Å². The second-order valence-corrected chi connectivity index (χ2v) is 8.94. The molecule has 1 fully saturated rings. The van der Waals surface area contributed by atoms with Crippen LogP contribution in [0, 0.1) is 6.92 Å². The minimum Gasteiger partial charge on any atom is -0.324 e. The topological polar surface area (TPSA) is 87.2 Å². The van der Waals surface area contributed by atoms with Gasteiger partial charge in [0.2, 0.25) is 5.01 Å². The fraction of sp³-hybridized carbons (Fsp3) is 0.273. The van der Waals surface area contributed by atoms with E-state index < -0.39 is 0 Å². The Bertz CT molecular complexity index is 1100. The van der Waals surface area contributed by atoms with Crippen LogP contribution in [0.1, 0.15) is 39.1 Å². The number of urea groups is 1. The van der Waals surface area contributed by atoms with Crippen LogP contribution in [0.5, 0.6) is 0 Å². The van der Waals surface area contributed by atoms with Gasteiger partial charge in [-0.15, -0.1) is 10.2 Å². The molecule has 3 amide bonds. The SMILES string of the molecule is Cc1cccc(NC(=O)N2CCCC(c3nnc(C(=O)Nc4cccc(Cl)c4)s3)C2)c1. The van der Waals surface area contributed by atoms with Crippen molar-refractivity contribution >= 4 is 46.3 Å². The molecule has 2 heterocycles. The molecule has 1 aromatic heterocycles. The van der Waals surface area contributed by atoms with Gasteiger partial charge in [-0.05, 0) is 55.7 Å². The molecule has 7 nitrogen and oxygen atoms in total. The third-order valence-corrected chi connectivity index (χ3v) is 6.36. The number of hydrogen-bond donors (Lipinski definition) is 2. The van der Waals surface area contributed by atoms with Crippen LogP contribution in [0.4, 0.5) is 16.2 Å². The Morgan fingerprint density at radius 3 is 2.65 bits per heavy atom. The van der Waals surface area contributed by atoms with E-state index in [4.69, 9.17) is 11.6 Å². The van der Waals surface area contributed by atoms with Crippen LogP contribution in [-0.4, -0.2) is 40.1 Å². The molecule has 0 spiro atoms. The van der Waals surface area contributed by atoms with Crippen molar-refractivity contribution in [2.75, 3.05) is 23.7 Å². The molecule has 160 valence electrons. The van der Waals surface area contributed by atoms with Crippen molar-refractivity contribution in [1.82, 2.24) is 15.1 Å². The molecule has 2 aromatic carbocycles. The van der Waals surface area contributed by atoms with E-state index in [1.54, 1.807) is 29.2 Å². The molecule has 1 saturated heterocycles. The number of aryl methyl sites for hydroxylation is 1. The zero-order chi connectivity index (χ0) is 21.8. The summed E-state index contributed by atoms with van der Waals surface area (Å²) < 4.78 is 0. The lowest BCUT2D eigenvalue weighted by Crippen LogP contribution is -2.41. The minimum atomic E-state index is -0.323. The number of piperidine rings is 1. The number of anilines is 2. The number of carbonyl (C=O) groups excluding carboxylic acids is 2. The highest BCUT2D eigenvalue weighted by molar-refractivity contribution is 7.13. The van der Waals surface area contributed by atoms with Crippen molar-refractivity contribution in [2.24, 2.45) is 0 Å². The van der Waals surface area contributed by atoms with Gasteiger partial charge in [-0.2, -0.15) is 0 Å². The lowest BCUT2D eigenvalue weighted by molar-refractivity contribution is 0.102. The quantitative estimate of drug-likeness (QED) is 0.568. The number of rotatable bonds is 4. The summed E-state index contributed by atoms with van der Waals surface area (Å²) in [6.45, 7) is 3.22. The monoisotopic (exact) mass is 455 g/mol. The van der Waals surface area contributed by atoms with Crippen LogP contribution in [0.25, 0.3) is 0 Å². The van der Waals surface area contributed by atoms with Crippen molar-refractivity contribution in [2.45, 2.75) is 25.7 Å². The van der Waals surface area contributed by atoms with E-state index in [1.165, 1.54) is 11.3 Å². The predicted molar refractivity (Wildman–Crippen MR) is 123 cm³/mol. The fourth-order valence-corrected chi connectivity index (χ4v) is 4.59. The summed E-state index contributed by atoms with van der Waals surface area (Å²) >= 11 is 7.23. The Balaban J connectivity index is 1.39. The lowest BCUT2D eigenvalue weighted by Gasteiger charge is -2.31. The molecular formula is C22H22ClN5O2S. The second-order valence-electron chi connectivity index (χ2n) is 7.49. The Morgan fingerprint density at radius 1 is 1.10 bits per heavy atom. The minimum absolute atomic E-state index is 0.0576. The standard InChI is InChI=1S/C22H22ClN5O2S/c1-14-5-2-8-17(11-14)25-22(30)28-10-4-6-15(13-28)20-26-27-21(31-20)19(29)24-18-9-3-7-16(23)12-18/h2-3,5,7-9,11-12,15H,4,6,10,13H2,1H3,(H,24,29)(H,25,30). The largest absolute Gasteiger partial charge is 0.324 e. The Labute approximate surface area is 189 Å². The van der Waals surface area contributed by atoms with Gasteiger partial charge in [-0.1, -0.05) is 41.1 Å². The maximum atomic E-state index is 12.7. The molecule has 1 unspecified atom stereocenters. The number of nitrogens with one attached hydrogen (secondary N) is 2. The molecular weight excluding hydrogens is 434 g/mol. The van der Waals surface area contributed by atoms with Crippen molar-refractivity contribution < 1.29 is 9.59 Å². The predicted octanol–water partition coefficient (Wildman–Crippen LogP) is 5.16. The highest BCUT2D eigenvalue weighted by atomic mass is 35.5. The number of benzene rings is 2. The van der Waals surface area contributed by atoms with Crippen molar-refractivity contribution in [3.8, 4) is 0 Å². The number of halogens is 1. The Morgan fingerprint density at radius 2 is 1.87 bits per heavy atom. The third-order valence-electron chi connectivity index (χ3n) is 5.04. The zero-order valence-electron chi connectivity index (χ0n) is 17.0. The van der Waals surface area contributed by atoms with Gasteiger partial charge in [0.1, 0.15) is 5.01 Å². The third kappa shape index (κ3) is 5.39. The first kappa shape index (κ1) is 21.3. The van der Waals surface area contributed by atoms with E-state index in [2.05, 4.69) is 20.8 Å². The normalized spacial score (nSPS) is 16.1. The average molecular weight is 456 g/mol. The summed E-state index contributed by atoms with van der Waals surface area (Å²) in [6, 6.07) is 14.5. The van der Waals surface area contributed by atoms with Gasteiger partial charge in [0, 0.05) is 35.4 Å². The molecule has 2 N–H and O–H groups in total. The second kappa shape index (κ2) is 9.45. The average Bonchev–Trinajstić information content (AvgIpc) is 3.24. The summed E-state index contributed by atoms with van der Waals surface area (Å²) in [4.78, 5) is 27.0. The summed E-state index contributed by atoms with van der Waals surface area (Å²) in [5.41, 5.74) is 2.47. The molecule has 31 heavy (non-hydrogen) atoms. The van der Waals surface area contributed by atoms with Gasteiger partial charge in [-0.3, -0.25) is 4.79 Å². The van der Waals surface area contributed by atoms with Gasteiger partial charge >= 0.3 is 6.03 Å². The lowest BCUT2D eigenvalue weighted by atomic mass is 9.99. The smallest absolute Gasteiger partial charge is 0.321 e. The van der Waals surface area contributed by atoms with E-state index in [0.717, 1.165) is 29.1 Å². The van der Waals surface area contributed by atoms with Crippen molar-refractivity contribution in [3.63, 3.8) is 0 Å². The van der Waals surface area contributed by atoms with Crippen LogP contribution in [0.15, 0.2) is 48.5 Å². The molecule has 0 bridgehead atoms. The summed E-state index contributed by atoms with van der Waals surface area (Å²) in [6.07, 6.45) is 1.77. The van der Waals surface area contributed by atoms with E-state index >= 15 is 0 Å². The van der Waals surface area contributed by atoms with Gasteiger partial charge < -0.3 is 15.5 Å². The van der Waals surface area contributed by atoms with Gasteiger partial charge in [-0.25, -0.2) is 4.79 Å². The Hall–Kier alpha value is -2.97. The molecule has 1 aliphatic rings. The highest BCUT2D eigenvalue weighted by Crippen LogP contribution is 2.30. The molecule has 0 aliphatic carbocycles. The van der Waals surface area contributed by atoms with E-state index in [1.807, 2.05) is 31.2 Å². The van der Waals surface area contributed by atoms with Gasteiger partial charge in [0.15, 0.2) is 0 Å². The van der Waals surface area contributed by atoms with E-state index in [9.17, 15) is 9.59 Å².